The summed E-state index contributed by atoms with van der Waals surface area (Å²) in [5, 5.41) is 7.67. The molecule has 0 radical (unpaired) electrons. The molecule has 2 aromatic heterocycles. The lowest BCUT2D eigenvalue weighted by molar-refractivity contribution is 0.0966. The monoisotopic (exact) mass is 275 g/mol. The van der Waals surface area contributed by atoms with Crippen molar-refractivity contribution in [3.05, 3.63) is 35.9 Å². The molecule has 0 aliphatic heterocycles. The fourth-order valence-corrected chi connectivity index (χ4v) is 1.62. The summed E-state index contributed by atoms with van der Waals surface area (Å²) in [6.07, 6.45) is 5.66. The maximum Gasteiger partial charge on any atom is 0.186 e. The molecule has 106 valence electrons. The van der Waals surface area contributed by atoms with Crippen LogP contribution in [0.4, 0.5) is 0 Å². The topological polar surface area (TPSA) is 95.9 Å². The number of rotatable bonds is 7. The van der Waals surface area contributed by atoms with Crippen LogP contribution in [0.5, 0.6) is 5.75 Å². The van der Waals surface area contributed by atoms with Crippen molar-refractivity contribution >= 4 is 5.78 Å². The largest absolute Gasteiger partial charge is 0.492 e. The van der Waals surface area contributed by atoms with Gasteiger partial charge in [-0.15, -0.1) is 5.10 Å². The first-order valence-corrected chi connectivity index (χ1v) is 6.43. The fraction of sp³-hybridized carbons (Fsp3) is 0.385. The van der Waals surface area contributed by atoms with Gasteiger partial charge in [-0.25, -0.2) is 4.68 Å². The van der Waals surface area contributed by atoms with E-state index < -0.39 is 0 Å². The molecule has 0 spiro atoms. The van der Waals surface area contributed by atoms with Crippen molar-refractivity contribution in [2.24, 2.45) is 5.73 Å². The summed E-state index contributed by atoms with van der Waals surface area (Å²) in [5.74, 6) is 0.492. The highest BCUT2D eigenvalue weighted by atomic mass is 16.5. The minimum atomic E-state index is -0.104. The Balaban J connectivity index is 2.04. The van der Waals surface area contributed by atoms with Crippen molar-refractivity contribution in [3.8, 4) is 5.75 Å². The zero-order chi connectivity index (χ0) is 14.4. The summed E-state index contributed by atoms with van der Waals surface area (Å²) in [4.78, 5) is 16.1. The Morgan fingerprint density at radius 1 is 1.45 bits per heavy atom. The van der Waals surface area contributed by atoms with Crippen molar-refractivity contribution in [1.29, 1.82) is 0 Å². The second-order valence-electron chi connectivity index (χ2n) is 4.29. The van der Waals surface area contributed by atoms with Gasteiger partial charge in [0.15, 0.2) is 5.78 Å². The molecule has 2 aromatic rings. The highest BCUT2D eigenvalue weighted by Gasteiger charge is 2.10. The molecule has 0 saturated carbocycles. The average Bonchev–Trinajstić information content (AvgIpc) is 2.93. The van der Waals surface area contributed by atoms with Crippen molar-refractivity contribution in [2.75, 3.05) is 6.61 Å². The molecule has 7 nitrogen and oxygen atoms in total. The second-order valence-corrected chi connectivity index (χ2v) is 4.29. The molecule has 7 heteroatoms. The van der Waals surface area contributed by atoms with Crippen molar-refractivity contribution in [3.63, 3.8) is 0 Å². The highest BCUT2D eigenvalue weighted by molar-refractivity contribution is 5.95. The summed E-state index contributed by atoms with van der Waals surface area (Å²) < 4.78 is 6.91. The van der Waals surface area contributed by atoms with Gasteiger partial charge >= 0.3 is 0 Å². The van der Waals surface area contributed by atoms with Crippen LogP contribution in [0.25, 0.3) is 0 Å². The number of Topliss-reactive ketones (excluding diaryl/α,β-unsaturated/α-hetero) is 1. The molecule has 2 N–H and O–H groups in total. The van der Waals surface area contributed by atoms with Gasteiger partial charge in [0.1, 0.15) is 12.3 Å². The van der Waals surface area contributed by atoms with Gasteiger partial charge in [0.05, 0.1) is 24.7 Å². The van der Waals surface area contributed by atoms with Crippen LogP contribution in [0, 0.1) is 0 Å². The first kappa shape index (κ1) is 14.1. The lowest BCUT2D eigenvalue weighted by atomic mass is 10.2. The summed E-state index contributed by atoms with van der Waals surface area (Å²) >= 11 is 0. The average molecular weight is 275 g/mol. The minimum Gasteiger partial charge on any atom is -0.492 e. The number of aromatic nitrogens is 4. The van der Waals surface area contributed by atoms with E-state index >= 15 is 0 Å². The predicted octanol–water partition coefficient (Wildman–Crippen LogP) is 0.803. The lowest BCUT2D eigenvalue weighted by Crippen LogP contribution is -2.11. The van der Waals surface area contributed by atoms with Crippen LogP contribution < -0.4 is 10.5 Å². The van der Waals surface area contributed by atoms with E-state index in [0.717, 1.165) is 6.42 Å². The Bertz CT molecular complexity index is 582. The van der Waals surface area contributed by atoms with E-state index in [9.17, 15) is 4.79 Å². The van der Waals surface area contributed by atoms with Gasteiger partial charge in [0.25, 0.3) is 0 Å². The zero-order valence-electron chi connectivity index (χ0n) is 11.3. The van der Waals surface area contributed by atoms with E-state index in [1.54, 1.807) is 18.5 Å². The van der Waals surface area contributed by atoms with Crippen LogP contribution >= 0.6 is 0 Å². The summed E-state index contributed by atoms with van der Waals surface area (Å²) in [6, 6.07) is 1.69. The highest BCUT2D eigenvalue weighted by Crippen LogP contribution is 2.12. The Morgan fingerprint density at radius 2 is 2.30 bits per heavy atom. The van der Waals surface area contributed by atoms with E-state index in [0.29, 0.717) is 30.2 Å². The molecule has 0 aromatic carbocycles. The van der Waals surface area contributed by atoms with Crippen LogP contribution in [0.3, 0.4) is 0 Å². The molecule has 2 rings (SSSR count). The van der Waals surface area contributed by atoms with Gasteiger partial charge in [-0.3, -0.25) is 9.78 Å². The van der Waals surface area contributed by atoms with Gasteiger partial charge in [-0.1, -0.05) is 12.1 Å². The molecule has 0 atom stereocenters. The molecule has 0 bridgehead atoms. The van der Waals surface area contributed by atoms with Gasteiger partial charge in [0.2, 0.25) is 0 Å². The van der Waals surface area contributed by atoms with Crippen LogP contribution in [0.15, 0.2) is 24.7 Å². The molecule has 0 fully saturated rings. The Hall–Kier alpha value is -2.28. The number of carbonyl (C=O) groups is 1. The molecule has 20 heavy (non-hydrogen) atoms. The maximum atomic E-state index is 12.1. The number of ketones is 1. The van der Waals surface area contributed by atoms with Crippen LogP contribution in [0.1, 0.15) is 29.4 Å². The molecular weight excluding hydrogens is 258 g/mol. The maximum absolute atomic E-state index is 12.1. The normalized spacial score (nSPS) is 10.5. The van der Waals surface area contributed by atoms with E-state index in [4.69, 9.17) is 10.5 Å². The van der Waals surface area contributed by atoms with E-state index in [2.05, 4.69) is 15.3 Å². The molecule has 0 amide bonds. The van der Waals surface area contributed by atoms with Crippen molar-refractivity contribution in [1.82, 2.24) is 20.0 Å². The summed E-state index contributed by atoms with van der Waals surface area (Å²) in [6.45, 7) is 3.02. The zero-order valence-corrected chi connectivity index (χ0v) is 11.3. The molecule has 0 aliphatic rings. The van der Waals surface area contributed by atoms with E-state index in [1.165, 1.54) is 10.9 Å². The minimum absolute atomic E-state index is 0.103. The fourth-order valence-electron chi connectivity index (χ4n) is 1.62. The van der Waals surface area contributed by atoms with Gasteiger partial charge in [-0.2, -0.15) is 0 Å². The van der Waals surface area contributed by atoms with Crippen molar-refractivity contribution < 1.29 is 9.53 Å². The molecule has 0 aliphatic carbocycles. The van der Waals surface area contributed by atoms with Crippen LogP contribution in [-0.4, -0.2) is 32.4 Å². The van der Waals surface area contributed by atoms with Gasteiger partial charge in [0, 0.05) is 18.3 Å². The first-order valence-electron chi connectivity index (χ1n) is 6.43. The Morgan fingerprint density at radius 3 is 3.00 bits per heavy atom. The van der Waals surface area contributed by atoms with Gasteiger partial charge < -0.3 is 10.5 Å². The van der Waals surface area contributed by atoms with Crippen molar-refractivity contribution in [2.45, 2.75) is 26.4 Å². The smallest absolute Gasteiger partial charge is 0.186 e. The summed E-state index contributed by atoms with van der Waals surface area (Å²) in [5.41, 5.74) is 6.58. The van der Waals surface area contributed by atoms with E-state index in [1.807, 2.05) is 6.92 Å². The number of ether oxygens (including phenoxy) is 1. The number of nitrogens with zero attached hydrogens (tertiary/aromatic N) is 4. The SMILES string of the molecule is CCCOc1cncc(C(=O)Cn2cc(CN)nn2)c1. The van der Waals surface area contributed by atoms with Gasteiger partial charge in [-0.05, 0) is 12.5 Å². The third-order valence-electron chi connectivity index (χ3n) is 2.61. The first-order chi connectivity index (χ1) is 9.72. The number of carbonyl (C=O) groups excluding carboxylic acids is 1. The number of hydrogen-bond donors (Lipinski definition) is 1. The Labute approximate surface area is 116 Å². The van der Waals surface area contributed by atoms with Crippen LogP contribution in [-0.2, 0) is 13.1 Å². The molecule has 0 saturated heterocycles. The van der Waals surface area contributed by atoms with E-state index in [-0.39, 0.29) is 12.3 Å². The number of hydrogen-bond acceptors (Lipinski definition) is 6. The quantitative estimate of drug-likeness (QED) is 0.751. The molecular formula is C13H17N5O2. The second kappa shape index (κ2) is 6.76. The molecule has 2 heterocycles. The number of pyridine rings is 1. The summed E-state index contributed by atoms with van der Waals surface area (Å²) in [7, 11) is 0. The third-order valence-corrected chi connectivity index (χ3v) is 2.61. The standard InChI is InChI=1S/C13H17N5O2/c1-2-3-20-12-4-10(6-15-7-12)13(19)9-18-8-11(5-14)16-17-18/h4,6-8H,2-3,5,9,14H2,1H3. The third kappa shape index (κ3) is 3.61. The number of nitrogens with two attached hydrogens (primary N) is 1. The Kier molecular flexibility index (Phi) is 4.78. The van der Waals surface area contributed by atoms with Crippen LogP contribution in [0.2, 0.25) is 0 Å². The predicted molar refractivity (Wildman–Crippen MR) is 72.3 cm³/mol. The molecule has 0 unspecified atom stereocenters. The lowest BCUT2D eigenvalue weighted by Gasteiger charge is -2.05.